The highest BCUT2D eigenvalue weighted by Gasteiger charge is 2.34. The molecule has 1 amide bonds. The van der Waals surface area contributed by atoms with Crippen molar-refractivity contribution < 1.29 is 4.79 Å². The van der Waals surface area contributed by atoms with Gasteiger partial charge in [-0.2, -0.15) is 5.26 Å². The van der Waals surface area contributed by atoms with Crippen LogP contribution in [0, 0.1) is 17.2 Å². The van der Waals surface area contributed by atoms with Crippen LogP contribution in [0.25, 0.3) is 0 Å². The number of carbonyl (C=O) groups excluding carboxylic acids is 1. The third-order valence-electron chi connectivity index (χ3n) is 3.49. The van der Waals surface area contributed by atoms with Crippen LogP contribution in [0.5, 0.6) is 0 Å². The third kappa shape index (κ3) is 3.09. The van der Waals surface area contributed by atoms with E-state index in [0.717, 1.165) is 4.88 Å². The van der Waals surface area contributed by atoms with E-state index in [4.69, 9.17) is 11.0 Å². The summed E-state index contributed by atoms with van der Waals surface area (Å²) in [7, 11) is 0. The van der Waals surface area contributed by atoms with Crippen molar-refractivity contribution in [3.8, 4) is 6.07 Å². The molecule has 0 aliphatic heterocycles. The summed E-state index contributed by atoms with van der Waals surface area (Å²) in [5.41, 5.74) is 5.16. The summed E-state index contributed by atoms with van der Waals surface area (Å²) in [5.74, 6) is 0.0957. The van der Waals surface area contributed by atoms with Gasteiger partial charge >= 0.3 is 0 Å². The van der Waals surface area contributed by atoms with Gasteiger partial charge in [0.05, 0.1) is 12.6 Å². The van der Waals surface area contributed by atoms with Gasteiger partial charge in [0.15, 0.2) is 0 Å². The van der Waals surface area contributed by atoms with E-state index in [2.05, 4.69) is 11.4 Å². The predicted octanol–water partition coefficient (Wildman–Crippen LogP) is 1.78. The van der Waals surface area contributed by atoms with Gasteiger partial charge in [0.25, 0.3) is 0 Å². The van der Waals surface area contributed by atoms with Crippen LogP contribution in [0.15, 0.2) is 17.5 Å². The Kier molecular flexibility index (Phi) is 4.00. The molecule has 0 unspecified atom stereocenters. The van der Waals surface area contributed by atoms with Gasteiger partial charge in [-0.15, -0.1) is 11.3 Å². The Balaban J connectivity index is 1.79. The van der Waals surface area contributed by atoms with Gasteiger partial charge in [0.1, 0.15) is 5.54 Å². The molecule has 18 heavy (non-hydrogen) atoms. The molecule has 3 N–H and O–H groups in total. The molecule has 0 radical (unpaired) electrons. The number of thiophene rings is 1. The van der Waals surface area contributed by atoms with Crippen molar-refractivity contribution in [2.24, 2.45) is 11.7 Å². The molecule has 1 aliphatic rings. The molecule has 1 aliphatic carbocycles. The first kappa shape index (κ1) is 13.1. The zero-order chi connectivity index (χ0) is 13.0. The minimum Gasteiger partial charge on any atom is -0.351 e. The standard InChI is InChI=1S/C13H17N3OS/c14-9-13(15)5-3-10(4-6-13)12(17)16-8-11-2-1-7-18-11/h1-2,7,10H,3-6,8,15H2,(H,16,17). The van der Waals surface area contributed by atoms with E-state index >= 15 is 0 Å². The second-order valence-corrected chi connectivity index (χ2v) is 5.87. The lowest BCUT2D eigenvalue weighted by Crippen LogP contribution is -2.44. The number of nitriles is 1. The first-order valence-corrected chi connectivity index (χ1v) is 7.01. The summed E-state index contributed by atoms with van der Waals surface area (Å²) in [5, 5.41) is 13.9. The van der Waals surface area contributed by atoms with E-state index in [1.54, 1.807) is 11.3 Å². The second-order valence-electron chi connectivity index (χ2n) is 4.84. The average Bonchev–Trinajstić information content (AvgIpc) is 2.90. The number of nitrogens with zero attached hydrogens (tertiary/aromatic N) is 1. The average molecular weight is 263 g/mol. The summed E-state index contributed by atoms with van der Waals surface area (Å²) < 4.78 is 0. The summed E-state index contributed by atoms with van der Waals surface area (Å²) in [4.78, 5) is 13.1. The number of rotatable bonds is 3. The normalized spacial score (nSPS) is 27.4. The smallest absolute Gasteiger partial charge is 0.223 e. The fourth-order valence-electron chi connectivity index (χ4n) is 2.24. The molecule has 1 fully saturated rings. The van der Waals surface area contributed by atoms with Crippen molar-refractivity contribution in [2.75, 3.05) is 0 Å². The monoisotopic (exact) mass is 263 g/mol. The first-order chi connectivity index (χ1) is 8.63. The van der Waals surface area contributed by atoms with Gasteiger partial charge in [-0.1, -0.05) is 6.07 Å². The van der Waals surface area contributed by atoms with Gasteiger partial charge in [-0.3, -0.25) is 4.79 Å². The van der Waals surface area contributed by atoms with Gasteiger partial charge < -0.3 is 11.1 Å². The van der Waals surface area contributed by atoms with Crippen molar-refractivity contribution >= 4 is 17.2 Å². The highest BCUT2D eigenvalue weighted by molar-refractivity contribution is 7.09. The molecule has 0 aromatic carbocycles. The Morgan fingerprint density at radius 1 is 1.61 bits per heavy atom. The van der Waals surface area contributed by atoms with Crippen molar-refractivity contribution in [1.82, 2.24) is 5.32 Å². The molecule has 5 heteroatoms. The molecule has 0 saturated heterocycles. The molecule has 2 rings (SSSR count). The summed E-state index contributed by atoms with van der Waals surface area (Å²) in [6.45, 7) is 0.596. The Labute approximate surface area is 111 Å². The van der Waals surface area contributed by atoms with Crippen LogP contribution in [0.1, 0.15) is 30.6 Å². The molecule has 1 aromatic heterocycles. The maximum absolute atomic E-state index is 12.0. The minimum atomic E-state index is -0.718. The molecule has 4 nitrogen and oxygen atoms in total. The Bertz CT molecular complexity index is 441. The van der Waals surface area contributed by atoms with E-state index in [-0.39, 0.29) is 11.8 Å². The van der Waals surface area contributed by atoms with Crippen molar-refractivity contribution in [2.45, 2.75) is 37.8 Å². The van der Waals surface area contributed by atoms with Crippen LogP contribution in [0.2, 0.25) is 0 Å². The van der Waals surface area contributed by atoms with Crippen molar-refractivity contribution in [3.05, 3.63) is 22.4 Å². The van der Waals surface area contributed by atoms with Crippen molar-refractivity contribution in [3.63, 3.8) is 0 Å². The molecule has 1 heterocycles. The fourth-order valence-corrected chi connectivity index (χ4v) is 2.88. The number of nitrogens with two attached hydrogens (primary N) is 1. The number of hydrogen-bond donors (Lipinski definition) is 2. The largest absolute Gasteiger partial charge is 0.351 e. The highest BCUT2D eigenvalue weighted by atomic mass is 32.1. The van der Waals surface area contributed by atoms with E-state index in [1.165, 1.54) is 0 Å². The number of carbonyl (C=O) groups is 1. The van der Waals surface area contributed by atoms with Crippen LogP contribution >= 0.6 is 11.3 Å². The minimum absolute atomic E-state index is 0.00925. The highest BCUT2D eigenvalue weighted by Crippen LogP contribution is 2.30. The van der Waals surface area contributed by atoms with Crippen LogP contribution in [0.3, 0.4) is 0 Å². The third-order valence-corrected chi connectivity index (χ3v) is 4.36. The number of amides is 1. The molecular weight excluding hydrogens is 246 g/mol. The lowest BCUT2D eigenvalue weighted by molar-refractivity contribution is -0.126. The second kappa shape index (κ2) is 5.51. The molecule has 1 aromatic rings. The molecule has 1 saturated carbocycles. The van der Waals surface area contributed by atoms with Gasteiger partial charge in [-0.25, -0.2) is 0 Å². The summed E-state index contributed by atoms with van der Waals surface area (Å²) in [6, 6.07) is 6.12. The zero-order valence-electron chi connectivity index (χ0n) is 10.2. The first-order valence-electron chi connectivity index (χ1n) is 6.13. The van der Waals surface area contributed by atoms with E-state index in [0.29, 0.717) is 32.2 Å². The van der Waals surface area contributed by atoms with E-state index < -0.39 is 5.54 Å². The van der Waals surface area contributed by atoms with Crippen molar-refractivity contribution in [1.29, 1.82) is 5.26 Å². The van der Waals surface area contributed by atoms with Crippen LogP contribution in [-0.2, 0) is 11.3 Å². The Hall–Kier alpha value is -1.38. The van der Waals surface area contributed by atoms with Crippen LogP contribution < -0.4 is 11.1 Å². The zero-order valence-corrected chi connectivity index (χ0v) is 11.0. The lowest BCUT2D eigenvalue weighted by Gasteiger charge is -2.30. The van der Waals surface area contributed by atoms with Gasteiger partial charge in [0.2, 0.25) is 5.91 Å². The fraction of sp³-hybridized carbons (Fsp3) is 0.538. The summed E-state index contributed by atoms with van der Waals surface area (Å²) in [6.07, 6.45) is 2.64. The molecule has 0 atom stereocenters. The Morgan fingerprint density at radius 2 is 2.33 bits per heavy atom. The van der Waals surface area contributed by atoms with E-state index in [1.807, 2.05) is 17.5 Å². The van der Waals surface area contributed by atoms with Crippen LogP contribution in [-0.4, -0.2) is 11.4 Å². The number of nitrogens with one attached hydrogen (secondary N) is 1. The molecular formula is C13H17N3OS. The Morgan fingerprint density at radius 3 is 2.89 bits per heavy atom. The van der Waals surface area contributed by atoms with Gasteiger partial charge in [-0.05, 0) is 37.1 Å². The van der Waals surface area contributed by atoms with Crippen LogP contribution in [0.4, 0.5) is 0 Å². The summed E-state index contributed by atoms with van der Waals surface area (Å²) >= 11 is 1.64. The molecule has 96 valence electrons. The van der Waals surface area contributed by atoms with E-state index in [9.17, 15) is 4.79 Å². The van der Waals surface area contributed by atoms with Gasteiger partial charge in [0, 0.05) is 10.8 Å². The quantitative estimate of drug-likeness (QED) is 0.872. The molecule has 0 spiro atoms. The maximum atomic E-state index is 12.0. The maximum Gasteiger partial charge on any atom is 0.223 e. The predicted molar refractivity (Wildman–Crippen MR) is 70.7 cm³/mol. The SMILES string of the molecule is N#CC1(N)CCC(C(=O)NCc2cccs2)CC1. The lowest BCUT2D eigenvalue weighted by atomic mass is 9.77. The molecule has 0 bridgehead atoms. The topological polar surface area (TPSA) is 78.9 Å². The number of hydrogen-bond acceptors (Lipinski definition) is 4.